The monoisotopic (exact) mass is 453 g/mol. The number of nitrogens with zero attached hydrogens (tertiary/aromatic N) is 2. The highest BCUT2D eigenvalue weighted by atomic mass is 32.2. The third-order valence-corrected chi connectivity index (χ3v) is 6.75. The summed E-state index contributed by atoms with van der Waals surface area (Å²) in [7, 11) is -3.33. The normalized spacial score (nSPS) is 21.0. The van der Waals surface area contributed by atoms with Crippen LogP contribution in [0.25, 0.3) is 11.1 Å². The molecular formula is C24H27N3O4S. The number of hydrogen-bond acceptors (Lipinski definition) is 6. The number of sulfonamides is 1. The zero-order chi connectivity index (χ0) is 22.8. The lowest BCUT2D eigenvalue weighted by Crippen LogP contribution is -2.35. The molecule has 4 rings (SSSR count). The largest absolute Gasteiger partial charge is 0.508 e. The molecule has 1 fully saturated rings. The number of aliphatic hydroxyl groups excluding tert-OH is 1. The Balaban J connectivity index is 1.69. The summed E-state index contributed by atoms with van der Waals surface area (Å²) in [5.41, 5.74) is 3.07. The van der Waals surface area contributed by atoms with Crippen molar-refractivity contribution in [1.29, 1.82) is 0 Å². The first-order valence-electron chi connectivity index (χ1n) is 10.6. The summed E-state index contributed by atoms with van der Waals surface area (Å²) in [6.45, 7) is -0.177. The fraction of sp³-hybridized carbons (Fsp3) is 0.333. The minimum Gasteiger partial charge on any atom is -0.508 e. The van der Waals surface area contributed by atoms with Crippen LogP contribution >= 0.6 is 0 Å². The quantitative estimate of drug-likeness (QED) is 0.507. The Kier molecular flexibility index (Phi) is 6.28. The highest BCUT2D eigenvalue weighted by Gasteiger charge is 2.43. The number of rotatable bonds is 7. The molecular weight excluding hydrogens is 426 g/mol. The van der Waals surface area contributed by atoms with Crippen LogP contribution in [0.2, 0.25) is 0 Å². The van der Waals surface area contributed by atoms with Crippen molar-refractivity contribution in [1.82, 2.24) is 14.7 Å². The molecule has 0 amide bonds. The number of benzene rings is 2. The lowest BCUT2D eigenvalue weighted by Gasteiger charge is -2.28. The van der Waals surface area contributed by atoms with Crippen molar-refractivity contribution < 1.29 is 18.6 Å². The topological polar surface area (TPSA) is 112 Å². The molecule has 1 aromatic heterocycles. The van der Waals surface area contributed by atoms with Crippen molar-refractivity contribution in [3.05, 3.63) is 77.9 Å². The Morgan fingerprint density at radius 1 is 1.12 bits per heavy atom. The first kappa shape index (κ1) is 22.4. The Morgan fingerprint density at radius 2 is 1.88 bits per heavy atom. The predicted molar refractivity (Wildman–Crippen MR) is 122 cm³/mol. The van der Waals surface area contributed by atoms with Crippen LogP contribution in [-0.2, 0) is 28.5 Å². The highest BCUT2D eigenvalue weighted by molar-refractivity contribution is 7.88. The van der Waals surface area contributed by atoms with Gasteiger partial charge in [-0.05, 0) is 60.6 Å². The molecule has 2 aromatic carbocycles. The average Bonchev–Trinajstić information content (AvgIpc) is 3.15. The predicted octanol–water partition coefficient (Wildman–Crippen LogP) is 2.92. The van der Waals surface area contributed by atoms with Gasteiger partial charge in [0.25, 0.3) is 0 Å². The van der Waals surface area contributed by atoms with Crippen molar-refractivity contribution in [3.8, 4) is 16.9 Å². The summed E-state index contributed by atoms with van der Waals surface area (Å²) in [5.74, 6) is 0.841. The van der Waals surface area contributed by atoms with E-state index in [1.165, 1.54) is 6.26 Å². The molecule has 0 spiro atoms. The van der Waals surface area contributed by atoms with Crippen LogP contribution < -0.4 is 4.72 Å². The second kappa shape index (κ2) is 8.97. The van der Waals surface area contributed by atoms with E-state index in [2.05, 4.69) is 20.8 Å². The van der Waals surface area contributed by atoms with Gasteiger partial charge in [-0.3, -0.25) is 0 Å². The molecule has 0 radical (unpaired) electrons. The maximum absolute atomic E-state index is 11.8. The molecule has 0 unspecified atom stereocenters. The summed E-state index contributed by atoms with van der Waals surface area (Å²) < 4.78 is 26.4. The van der Waals surface area contributed by atoms with Gasteiger partial charge in [0.1, 0.15) is 11.6 Å². The van der Waals surface area contributed by atoms with Crippen molar-refractivity contribution in [3.63, 3.8) is 0 Å². The van der Waals surface area contributed by atoms with E-state index >= 15 is 0 Å². The van der Waals surface area contributed by atoms with Gasteiger partial charge in [0.15, 0.2) is 0 Å². The molecule has 8 heteroatoms. The van der Waals surface area contributed by atoms with Crippen LogP contribution in [0.15, 0.2) is 60.8 Å². The number of phenolic OH excluding ortho intramolecular Hbond substituents is 1. The number of phenols is 1. The van der Waals surface area contributed by atoms with Crippen molar-refractivity contribution in [2.75, 3.05) is 6.26 Å². The van der Waals surface area contributed by atoms with E-state index in [9.17, 15) is 18.6 Å². The van der Waals surface area contributed by atoms with Gasteiger partial charge in [0.2, 0.25) is 10.0 Å². The molecule has 2 atom stereocenters. The van der Waals surface area contributed by atoms with E-state index in [1.54, 1.807) is 24.4 Å². The number of aliphatic hydroxyl groups is 1. The third-order valence-electron chi connectivity index (χ3n) is 5.99. The van der Waals surface area contributed by atoms with Crippen LogP contribution in [0.1, 0.15) is 36.3 Å². The number of aromatic nitrogens is 2. The van der Waals surface area contributed by atoms with Crippen LogP contribution in [0.4, 0.5) is 0 Å². The molecule has 3 N–H and O–H groups in total. The van der Waals surface area contributed by atoms with Gasteiger partial charge in [-0.15, -0.1) is 0 Å². The van der Waals surface area contributed by atoms with Crippen LogP contribution in [0.5, 0.6) is 5.75 Å². The van der Waals surface area contributed by atoms with E-state index in [-0.39, 0.29) is 18.4 Å². The maximum atomic E-state index is 11.8. The van der Waals surface area contributed by atoms with Gasteiger partial charge < -0.3 is 10.2 Å². The molecule has 168 valence electrons. The summed E-state index contributed by atoms with van der Waals surface area (Å²) in [5, 5.41) is 19.4. The molecule has 1 aliphatic carbocycles. The molecule has 32 heavy (non-hydrogen) atoms. The fourth-order valence-electron chi connectivity index (χ4n) is 4.65. The van der Waals surface area contributed by atoms with Gasteiger partial charge in [-0.1, -0.05) is 36.4 Å². The molecule has 1 saturated carbocycles. The van der Waals surface area contributed by atoms with Crippen molar-refractivity contribution in [2.45, 2.75) is 43.7 Å². The van der Waals surface area contributed by atoms with E-state index in [0.717, 1.165) is 23.1 Å². The lowest BCUT2D eigenvalue weighted by atomic mass is 9.78. The number of aromatic hydroxyl groups is 1. The Hall–Kier alpha value is -2.81. The van der Waals surface area contributed by atoms with Gasteiger partial charge in [-0.2, -0.15) is 0 Å². The second-order valence-corrected chi connectivity index (χ2v) is 10.3. The average molecular weight is 454 g/mol. The van der Waals surface area contributed by atoms with Gasteiger partial charge in [-0.25, -0.2) is 23.1 Å². The SMILES string of the molecule is CS(=O)(=O)N[C@H]1CC[C@](Cc2cccc(-c3cccc(O)c3)c2)(c2nccc(CO)n2)C1. The van der Waals surface area contributed by atoms with Gasteiger partial charge >= 0.3 is 0 Å². The van der Waals surface area contributed by atoms with E-state index in [4.69, 9.17) is 0 Å². The summed E-state index contributed by atoms with van der Waals surface area (Å²) in [4.78, 5) is 9.12. The summed E-state index contributed by atoms with van der Waals surface area (Å²) in [6, 6.07) is 16.7. The Morgan fingerprint density at radius 3 is 2.59 bits per heavy atom. The summed E-state index contributed by atoms with van der Waals surface area (Å²) in [6.07, 6.45) is 5.45. The minimum atomic E-state index is -3.33. The first-order valence-corrected chi connectivity index (χ1v) is 12.4. The van der Waals surface area contributed by atoms with Crippen molar-refractivity contribution in [2.24, 2.45) is 0 Å². The molecule has 1 aliphatic rings. The van der Waals surface area contributed by atoms with E-state index in [0.29, 0.717) is 30.8 Å². The van der Waals surface area contributed by atoms with Crippen LogP contribution in [-0.4, -0.2) is 40.9 Å². The highest BCUT2D eigenvalue weighted by Crippen LogP contribution is 2.43. The van der Waals surface area contributed by atoms with Crippen LogP contribution in [0, 0.1) is 0 Å². The van der Waals surface area contributed by atoms with Gasteiger partial charge in [0.05, 0.1) is 18.6 Å². The fourth-order valence-corrected chi connectivity index (χ4v) is 5.46. The lowest BCUT2D eigenvalue weighted by molar-refractivity contribution is 0.274. The van der Waals surface area contributed by atoms with Gasteiger partial charge in [0, 0.05) is 17.7 Å². The van der Waals surface area contributed by atoms with E-state index < -0.39 is 15.4 Å². The first-order chi connectivity index (χ1) is 15.3. The maximum Gasteiger partial charge on any atom is 0.208 e. The summed E-state index contributed by atoms with van der Waals surface area (Å²) >= 11 is 0. The number of hydrogen-bond donors (Lipinski definition) is 3. The molecule has 0 saturated heterocycles. The Bertz CT molecular complexity index is 1220. The molecule has 7 nitrogen and oxygen atoms in total. The smallest absolute Gasteiger partial charge is 0.208 e. The Labute approximate surface area is 188 Å². The minimum absolute atomic E-state index is 0.177. The molecule has 3 aromatic rings. The zero-order valence-corrected chi connectivity index (χ0v) is 18.7. The molecule has 0 aliphatic heterocycles. The third kappa shape index (κ3) is 5.15. The van der Waals surface area contributed by atoms with E-state index in [1.807, 2.05) is 30.3 Å². The number of nitrogens with one attached hydrogen (secondary N) is 1. The molecule has 1 heterocycles. The van der Waals surface area contributed by atoms with Crippen LogP contribution in [0.3, 0.4) is 0 Å². The molecule has 0 bridgehead atoms. The van der Waals surface area contributed by atoms with Crippen molar-refractivity contribution >= 4 is 10.0 Å². The standard InChI is InChI=1S/C24H27N3O4S/c1-32(30,31)27-20-8-10-24(15-20,23-25-11-9-21(16-28)26-23)14-17-4-2-5-18(12-17)19-6-3-7-22(29)13-19/h2-7,9,11-13,20,27-29H,8,10,14-16H2,1H3/t20-,24+/m0/s1. The zero-order valence-electron chi connectivity index (χ0n) is 17.9. The second-order valence-electron chi connectivity index (χ2n) is 8.57.